The number of amides is 1. The third-order valence-corrected chi connectivity index (χ3v) is 7.09. The molecule has 0 bridgehead atoms. The largest absolute Gasteiger partial charge is 0.381 e. The van der Waals surface area contributed by atoms with Crippen LogP contribution >= 0.6 is 11.6 Å². The molecule has 7 heteroatoms. The first-order valence-corrected chi connectivity index (χ1v) is 10.7. The van der Waals surface area contributed by atoms with Gasteiger partial charge in [-0.15, -0.1) is 0 Å². The Bertz CT molecular complexity index is 716. The zero-order valence-electron chi connectivity index (χ0n) is 16.2. The third-order valence-electron chi connectivity index (χ3n) is 6.83. The number of benzene rings is 1. The van der Waals surface area contributed by atoms with Crippen molar-refractivity contribution in [3.05, 3.63) is 34.9 Å². The van der Waals surface area contributed by atoms with E-state index in [0.29, 0.717) is 23.2 Å². The van der Waals surface area contributed by atoms with E-state index in [9.17, 15) is 4.79 Å². The fraction of sp³-hybridized carbons (Fsp3) is 0.667. The van der Waals surface area contributed by atoms with E-state index < -0.39 is 0 Å². The monoisotopic (exact) mass is 405 g/mol. The number of morpholine rings is 1. The summed E-state index contributed by atoms with van der Waals surface area (Å²) in [6.45, 7) is 7.83. The van der Waals surface area contributed by atoms with Crippen LogP contribution in [0.1, 0.15) is 23.2 Å². The van der Waals surface area contributed by atoms with Crippen molar-refractivity contribution in [2.45, 2.75) is 30.5 Å². The normalized spacial score (nSPS) is 28.8. The second kappa shape index (κ2) is 7.58. The van der Waals surface area contributed by atoms with Gasteiger partial charge in [-0.3, -0.25) is 14.6 Å². The lowest BCUT2D eigenvalue weighted by molar-refractivity contribution is -0.171. The first-order chi connectivity index (χ1) is 13.6. The van der Waals surface area contributed by atoms with Crippen LogP contribution in [0.4, 0.5) is 0 Å². The van der Waals surface area contributed by atoms with Gasteiger partial charge in [-0.25, -0.2) is 0 Å². The summed E-state index contributed by atoms with van der Waals surface area (Å²) in [6, 6.07) is 8.16. The molecule has 1 atom stereocenters. The number of nitrogens with zero attached hydrogens (tertiary/aromatic N) is 3. The minimum atomic E-state index is 0.0626. The lowest BCUT2D eigenvalue weighted by Crippen LogP contribution is -2.81. The molecule has 28 heavy (non-hydrogen) atoms. The van der Waals surface area contributed by atoms with Gasteiger partial charge in [0, 0.05) is 62.6 Å². The highest BCUT2D eigenvalue weighted by Crippen LogP contribution is 2.38. The molecule has 0 aromatic heterocycles. The number of halogens is 1. The lowest BCUT2D eigenvalue weighted by Gasteiger charge is -2.64. The molecule has 4 fully saturated rings. The van der Waals surface area contributed by atoms with E-state index in [1.807, 2.05) is 17.0 Å². The Balaban J connectivity index is 1.34. The molecular weight excluding hydrogens is 378 g/mol. The second-order valence-corrected chi connectivity index (χ2v) is 9.02. The van der Waals surface area contributed by atoms with Crippen LogP contribution in [0.3, 0.4) is 0 Å². The Morgan fingerprint density at radius 2 is 1.75 bits per heavy atom. The van der Waals surface area contributed by atoms with E-state index in [1.54, 1.807) is 12.1 Å². The molecule has 6 nitrogen and oxygen atoms in total. The predicted octanol–water partition coefficient (Wildman–Crippen LogP) is 1.73. The number of piperazine rings is 1. The van der Waals surface area contributed by atoms with Gasteiger partial charge in [0.2, 0.25) is 0 Å². The van der Waals surface area contributed by atoms with Crippen LogP contribution < -0.4 is 0 Å². The number of ether oxygens (including phenoxy) is 2. The van der Waals surface area contributed by atoms with Crippen LogP contribution in [0.25, 0.3) is 0 Å². The van der Waals surface area contributed by atoms with E-state index in [4.69, 9.17) is 21.1 Å². The SMILES string of the molecule is O=C(c1ccc(Cl)cc1)N1C[C@@H]2COCCN2C2(C1)CN(C1CCOCC1)C2. The molecule has 1 aromatic rings. The number of carbonyl (C=O) groups is 1. The Kier molecular flexibility index (Phi) is 5.09. The molecule has 0 aliphatic carbocycles. The van der Waals surface area contributed by atoms with Gasteiger partial charge in [0.1, 0.15) is 0 Å². The smallest absolute Gasteiger partial charge is 0.253 e. The summed E-state index contributed by atoms with van der Waals surface area (Å²) < 4.78 is 11.3. The molecule has 0 saturated carbocycles. The number of carbonyl (C=O) groups excluding carboxylic acids is 1. The molecule has 1 aromatic carbocycles. The summed E-state index contributed by atoms with van der Waals surface area (Å²) in [4.78, 5) is 20.5. The van der Waals surface area contributed by atoms with E-state index in [2.05, 4.69) is 9.80 Å². The number of rotatable bonds is 2. The fourth-order valence-electron chi connectivity index (χ4n) is 5.43. The number of fused-ring (bicyclic) bond motifs is 2. The van der Waals surface area contributed by atoms with E-state index >= 15 is 0 Å². The molecule has 0 unspecified atom stereocenters. The maximum absolute atomic E-state index is 13.2. The molecule has 152 valence electrons. The maximum atomic E-state index is 13.2. The van der Waals surface area contributed by atoms with Crippen molar-refractivity contribution in [3.8, 4) is 0 Å². The highest BCUT2D eigenvalue weighted by molar-refractivity contribution is 6.30. The molecule has 4 saturated heterocycles. The molecule has 4 heterocycles. The quantitative estimate of drug-likeness (QED) is 0.749. The average molecular weight is 406 g/mol. The molecule has 4 aliphatic rings. The van der Waals surface area contributed by atoms with Crippen molar-refractivity contribution < 1.29 is 14.3 Å². The summed E-state index contributed by atoms with van der Waals surface area (Å²) in [6.07, 6.45) is 2.24. The molecule has 1 spiro atoms. The van der Waals surface area contributed by atoms with Crippen LogP contribution in [0.5, 0.6) is 0 Å². The summed E-state index contributed by atoms with van der Waals surface area (Å²) in [7, 11) is 0. The highest BCUT2D eigenvalue weighted by atomic mass is 35.5. The fourth-order valence-corrected chi connectivity index (χ4v) is 5.55. The summed E-state index contributed by atoms with van der Waals surface area (Å²) >= 11 is 6.00. The van der Waals surface area contributed by atoms with Crippen LogP contribution in [0.2, 0.25) is 5.02 Å². The van der Waals surface area contributed by atoms with Gasteiger partial charge >= 0.3 is 0 Å². The predicted molar refractivity (Wildman–Crippen MR) is 107 cm³/mol. The van der Waals surface area contributed by atoms with E-state index in [1.165, 1.54) is 0 Å². The number of likely N-dealkylation sites (tertiary alicyclic amines) is 1. The van der Waals surface area contributed by atoms with Gasteiger partial charge in [-0.1, -0.05) is 11.6 Å². The zero-order chi connectivity index (χ0) is 19.1. The first kappa shape index (κ1) is 18.8. The summed E-state index contributed by atoms with van der Waals surface area (Å²) in [5, 5.41) is 0.657. The van der Waals surface area contributed by atoms with Crippen molar-refractivity contribution in [3.63, 3.8) is 0 Å². The minimum Gasteiger partial charge on any atom is -0.381 e. The van der Waals surface area contributed by atoms with Gasteiger partial charge in [0.05, 0.1) is 24.8 Å². The average Bonchev–Trinajstić information content (AvgIpc) is 2.72. The maximum Gasteiger partial charge on any atom is 0.253 e. The Labute approximate surface area is 171 Å². The third kappa shape index (κ3) is 3.35. The van der Waals surface area contributed by atoms with Gasteiger partial charge < -0.3 is 14.4 Å². The zero-order valence-corrected chi connectivity index (χ0v) is 16.9. The summed E-state index contributed by atoms with van der Waals surface area (Å²) in [5.41, 5.74) is 0.776. The summed E-state index contributed by atoms with van der Waals surface area (Å²) in [5.74, 6) is 0.103. The minimum absolute atomic E-state index is 0.0626. The second-order valence-electron chi connectivity index (χ2n) is 8.59. The van der Waals surface area contributed by atoms with Gasteiger partial charge in [0.15, 0.2) is 0 Å². The Morgan fingerprint density at radius 1 is 1.00 bits per heavy atom. The molecule has 4 aliphatic heterocycles. The van der Waals surface area contributed by atoms with Gasteiger partial charge in [-0.2, -0.15) is 0 Å². The van der Waals surface area contributed by atoms with Crippen molar-refractivity contribution in [1.82, 2.24) is 14.7 Å². The lowest BCUT2D eigenvalue weighted by atomic mass is 9.80. The van der Waals surface area contributed by atoms with Gasteiger partial charge in [-0.05, 0) is 37.1 Å². The highest BCUT2D eigenvalue weighted by Gasteiger charge is 2.56. The Hall–Kier alpha value is -1.18. The van der Waals surface area contributed by atoms with Crippen LogP contribution in [-0.4, -0.2) is 97.4 Å². The van der Waals surface area contributed by atoms with Crippen molar-refractivity contribution in [2.75, 3.05) is 59.2 Å². The van der Waals surface area contributed by atoms with Crippen LogP contribution in [0.15, 0.2) is 24.3 Å². The number of hydrogen-bond donors (Lipinski definition) is 0. The van der Waals surface area contributed by atoms with Gasteiger partial charge in [0.25, 0.3) is 5.91 Å². The molecular formula is C21H28ClN3O3. The van der Waals surface area contributed by atoms with Crippen molar-refractivity contribution in [2.24, 2.45) is 0 Å². The topological polar surface area (TPSA) is 45.2 Å². The standard InChI is InChI=1S/C21H28ClN3O3/c22-17-3-1-16(2-4-17)20(26)23-11-19-12-28-10-7-25(19)21(13-23)14-24(15-21)18-5-8-27-9-6-18/h1-4,18-19H,5-15H2/t19-/m1/s1. The molecule has 0 radical (unpaired) electrons. The van der Waals surface area contributed by atoms with E-state index in [-0.39, 0.29) is 17.5 Å². The van der Waals surface area contributed by atoms with Crippen molar-refractivity contribution >= 4 is 17.5 Å². The first-order valence-electron chi connectivity index (χ1n) is 10.4. The molecule has 0 N–H and O–H groups in total. The number of hydrogen-bond acceptors (Lipinski definition) is 5. The van der Waals surface area contributed by atoms with Crippen LogP contribution in [0, 0.1) is 0 Å². The molecule has 1 amide bonds. The van der Waals surface area contributed by atoms with Crippen molar-refractivity contribution in [1.29, 1.82) is 0 Å². The Morgan fingerprint density at radius 3 is 2.50 bits per heavy atom. The molecule has 5 rings (SSSR count). The van der Waals surface area contributed by atoms with Crippen LogP contribution in [-0.2, 0) is 9.47 Å². The van der Waals surface area contributed by atoms with E-state index in [0.717, 1.165) is 65.4 Å².